The first-order chi connectivity index (χ1) is 12.1. The molecule has 3 aromatic rings. The fourth-order valence-electron chi connectivity index (χ4n) is 2.75. The number of benzene rings is 2. The van der Waals surface area contributed by atoms with Crippen molar-refractivity contribution < 1.29 is 33.4 Å². The average Bonchev–Trinajstić information content (AvgIpc) is 2.56. The van der Waals surface area contributed by atoms with Gasteiger partial charge in [-0.2, -0.15) is 4.57 Å². The second-order valence-corrected chi connectivity index (χ2v) is 6.50. The van der Waals surface area contributed by atoms with Crippen LogP contribution in [0.4, 0.5) is 0 Å². The van der Waals surface area contributed by atoms with Gasteiger partial charge in [-0.1, -0.05) is 23.7 Å². The fourth-order valence-corrected chi connectivity index (χ4v) is 2.87. The van der Waals surface area contributed by atoms with Gasteiger partial charge in [-0.3, -0.25) is 0 Å². The van der Waals surface area contributed by atoms with E-state index in [9.17, 15) is 4.79 Å². The lowest BCUT2D eigenvalue weighted by atomic mass is 10.2. The van der Waals surface area contributed by atoms with Crippen LogP contribution in [-0.2, 0) is 6.54 Å². The Morgan fingerprint density at radius 2 is 1.58 bits per heavy atom. The summed E-state index contributed by atoms with van der Waals surface area (Å²) in [6.07, 6.45) is 0. The molecule has 138 valence electrons. The minimum Gasteiger partial charge on any atom is -0.240 e. The van der Waals surface area contributed by atoms with Gasteiger partial charge in [0.05, 0.1) is 6.54 Å². The fraction of sp³-hybridized carbons (Fsp3) is 0.176. The van der Waals surface area contributed by atoms with Crippen LogP contribution in [0.5, 0.6) is 0 Å². The molecule has 2 aromatic carbocycles. The summed E-state index contributed by atoms with van der Waals surface area (Å²) in [6, 6.07) is 15.0. The van der Waals surface area contributed by atoms with E-state index >= 15 is 0 Å². The van der Waals surface area contributed by atoms with Crippen LogP contribution in [0, 0.1) is 17.2 Å². The highest BCUT2D eigenvalue weighted by Crippen LogP contribution is 2.14. The monoisotopic (exact) mass is 398 g/mol. The van der Waals surface area contributed by atoms with Crippen LogP contribution < -0.4 is 28.8 Å². The molecule has 0 unspecified atom stereocenters. The van der Waals surface area contributed by atoms with Gasteiger partial charge >= 0.3 is 5.56 Å². The van der Waals surface area contributed by atoms with Crippen LogP contribution in [0.2, 0.25) is 5.02 Å². The maximum Gasteiger partial charge on any atom is 0.350 e. The second-order valence-electron chi connectivity index (χ2n) is 5.30. The molecule has 0 radical (unpaired) electrons. The highest BCUT2D eigenvalue weighted by Gasteiger charge is 2.20. The zero-order chi connectivity index (χ0) is 19.5. The lowest BCUT2D eigenvalue weighted by Crippen LogP contribution is -2.68. The molecule has 0 amide bonds. The molecule has 0 bridgehead atoms. The van der Waals surface area contributed by atoms with Crippen molar-refractivity contribution in [1.29, 1.82) is 0 Å². The Kier molecular flexibility index (Phi) is 6.35. The highest BCUT2D eigenvalue weighted by molar-refractivity contribution is 6.30. The van der Waals surface area contributed by atoms with Crippen LogP contribution in [0.1, 0.15) is 12.7 Å². The van der Waals surface area contributed by atoms with Gasteiger partial charge in [0.25, 0.3) is 5.82 Å². The zero-order valence-electron chi connectivity index (χ0n) is 14.0. The summed E-state index contributed by atoms with van der Waals surface area (Å²) in [5.74, 6) is 0.906. The summed E-state index contributed by atoms with van der Waals surface area (Å²) in [7, 11) is -4.94. The number of hydrogen-bond donors (Lipinski definition) is 0. The summed E-state index contributed by atoms with van der Waals surface area (Å²) >= 11 is 5.94. The van der Waals surface area contributed by atoms with E-state index in [4.69, 9.17) is 30.2 Å². The molecule has 0 aliphatic heterocycles. The van der Waals surface area contributed by atoms with Crippen molar-refractivity contribution in [3.05, 3.63) is 69.7 Å². The zero-order valence-corrected chi connectivity index (χ0v) is 15.5. The van der Waals surface area contributed by atoms with Gasteiger partial charge in [0.2, 0.25) is 0 Å². The summed E-state index contributed by atoms with van der Waals surface area (Å²) in [6.45, 7) is 4.85. The third-order valence-corrected chi connectivity index (χ3v) is 4.00. The summed E-state index contributed by atoms with van der Waals surface area (Å²) in [5, 5.41) is 1.38. The Balaban J connectivity index is 0.000000431. The molecule has 3 rings (SSSR count). The Morgan fingerprint density at radius 3 is 2.12 bits per heavy atom. The average molecular weight is 399 g/mol. The van der Waals surface area contributed by atoms with Crippen molar-refractivity contribution >= 4 is 22.5 Å². The van der Waals surface area contributed by atoms with E-state index in [0.29, 0.717) is 5.02 Å². The maximum absolute atomic E-state index is 12.8. The predicted molar refractivity (Wildman–Crippen MR) is 85.2 cm³/mol. The van der Waals surface area contributed by atoms with Crippen molar-refractivity contribution in [1.82, 2.24) is 4.57 Å². The van der Waals surface area contributed by atoms with Gasteiger partial charge in [-0.15, -0.1) is 10.2 Å². The number of aryl methyl sites for hydroxylation is 1. The number of para-hydroxylation sites is 1. The Hall–Kier alpha value is -2.00. The van der Waals surface area contributed by atoms with Gasteiger partial charge in [0, 0.05) is 11.9 Å². The molecule has 0 spiro atoms. The normalized spacial score (nSPS) is 11.2. The molecule has 0 atom stereocenters. The molecule has 1 aromatic heterocycles. The maximum atomic E-state index is 12.8. The van der Waals surface area contributed by atoms with E-state index in [-0.39, 0.29) is 5.56 Å². The number of halogens is 2. The van der Waals surface area contributed by atoms with Crippen molar-refractivity contribution in [2.75, 3.05) is 0 Å². The summed E-state index contributed by atoms with van der Waals surface area (Å²) in [5.41, 5.74) is 1.79. The van der Waals surface area contributed by atoms with E-state index < -0.39 is 10.2 Å². The van der Waals surface area contributed by atoms with Crippen molar-refractivity contribution in [3.63, 3.8) is 0 Å². The first-order valence-corrected chi connectivity index (χ1v) is 9.16. The Labute approximate surface area is 156 Å². The van der Waals surface area contributed by atoms with Crippen LogP contribution in [-0.4, -0.2) is 4.57 Å². The summed E-state index contributed by atoms with van der Waals surface area (Å²) < 4.78 is 37.9. The number of nitrogens with zero attached hydrogens (tertiary/aromatic N) is 2. The summed E-state index contributed by atoms with van der Waals surface area (Å²) in [4.78, 5) is 12.8. The quantitative estimate of drug-likeness (QED) is 0.487. The van der Waals surface area contributed by atoms with Crippen LogP contribution in [0.15, 0.2) is 53.3 Å². The molecule has 9 heteroatoms. The lowest BCUT2D eigenvalue weighted by Gasteiger charge is -2.17. The van der Waals surface area contributed by atoms with Crippen molar-refractivity contribution in [2.24, 2.45) is 0 Å². The van der Waals surface area contributed by atoms with E-state index in [0.717, 1.165) is 29.0 Å². The number of hydrogen-bond acceptors (Lipinski definition) is 5. The smallest absolute Gasteiger partial charge is 0.240 e. The van der Waals surface area contributed by atoms with E-state index in [1.807, 2.05) is 43.3 Å². The molecule has 1 heterocycles. The molecule has 0 aliphatic rings. The standard InChI is InChI=1S/C17H16ClN2O.ClHO4/c1-3-19-12(2)20(14-10-8-13(18)9-11-14)17(21)15-6-4-5-7-16(15)19;2-1(3,4)5/h4-11H,3H2,1-2H3;(H,2,3,4,5)/q+1;/p-1. The second kappa shape index (κ2) is 8.13. The molecule has 0 fully saturated rings. The third-order valence-electron chi connectivity index (χ3n) is 3.74. The van der Waals surface area contributed by atoms with Gasteiger partial charge in [-0.25, -0.2) is 28.0 Å². The van der Waals surface area contributed by atoms with Gasteiger partial charge in [0.1, 0.15) is 16.6 Å². The van der Waals surface area contributed by atoms with Crippen LogP contribution >= 0.6 is 11.6 Å². The predicted octanol–water partition coefficient (Wildman–Crippen LogP) is -1.50. The molecule has 0 saturated carbocycles. The molecule has 7 nitrogen and oxygen atoms in total. The molecule has 0 aliphatic carbocycles. The number of aromatic nitrogens is 2. The minimum absolute atomic E-state index is 0.00452. The van der Waals surface area contributed by atoms with Crippen molar-refractivity contribution in [2.45, 2.75) is 20.4 Å². The molecule has 0 saturated heterocycles. The Morgan fingerprint density at radius 1 is 1.04 bits per heavy atom. The number of fused-ring (bicyclic) bond motifs is 1. The minimum atomic E-state index is -4.94. The van der Waals surface area contributed by atoms with Gasteiger partial charge < -0.3 is 0 Å². The van der Waals surface area contributed by atoms with E-state index in [2.05, 4.69) is 11.5 Å². The Bertz CT molecular complexity index is 960. The molecular weight excluding hydrogens is 383 g/mol. The first kappa shape index (κ1) is 20.3. The topological polar surface area (TPSA) is 118 Å². The number of rotatable bonds is 2. The third kappa shape index (κ3) is 4.79. The molecular formula is C17H16Cl2N2O5. The molecule has 26 heavy (non-hydrogen) atoms. The van der Waals surface area contributed by atoms with E-state index in [1.165, 1.54) is 0 Å². The lowest BCUT2D eigenvalue weighted by molar-refractivity contribution is -2.00. The van der Waals surface area contributed by atoms with Crippen LogP contribution in [0.3, 0.4) is 0 Å². The van der Waals surface area contributed by atoms with E-state index in [1.54, 1.807) is 16.7 Å². The molecule has 0 N–H and O–H groups in total. The largest absolute Gasteiger partial charge is 0.350 e. The first-order valence-electron chi connectivity index (χ1n) is 7.55. The van der Waals surface area contributed by atoms with Crippen LogP contribution in [0.25, 0.3) is 16.6 Å². The van der Waals surface area contributed by atoms with Crippen molar-refractivity contribution in [3.8, 4) is 5.69 Å². The van der Waals surface area contributed by atoms with Gasteiger partial charge in [-0.05, 0) is 43.3 Å². The van der Waals surface area contributed by atoms with Gasteiger partial charge in [0.15, 0.2) is 0 Å². The SMILES string of the molecule is CC[n+]1c(C)n(-c2ccc(Cl)cc2)c(=O)c2ccccc21.[O-][Cl+3]([O-])([O-])[O-]. The highest BCUT2D eigenvalue weighted by atomic mass is 35.7.